The van der Waals surface area contributed by atoms with Crippen LogP contribution in [0.25, 0.3) is 22.3 Å². The van der Waals surface area contributed by atoms with E-state index in [2.05, 4.69) is 0 Å². The molecule has 2 atom stereocenters. The molecule has 4 rings (SSSR count). The van der Waals surface area contributed by atoms with Crippen molar-refractivity contribution in [3.63, 3.8) is 0 Å². The smallest absolute Gasteiger partial charge is 0.230 e. The Morgan fingerprint density at radius 1 is 0.444 bits per heavy atom. The van der Waals surface area contributed by atoms with Crippen LogP contribution in [-0.2, 0) is 21.7 Å². The standard InChI is InChI=1S/C30H18F12O2S/c31-25(29(37,38)39)27(33,34)23-19(17-9-3-1-4-10-17)13-7-15-21(23)45(43,44)22-16-8-14-20(18-11-5-2-6-12-18)24(22)28(35,36)26(32)30(40,41)42/h1-16,25-26H. The van der Waals surface area contributed by atoms with Crippen LogP contribution in [0.4, 0.5) is 52.7 Å². The molecular formula is C30H18F12O2S. The first-order valence-electron chi connectivity index (χ1n) is 12.5. The van der Waals surface area contributed by atoms with Gasteiger partial charge < -0.3 is 0 Å². The lowest BCUT2D eigenvalue weighted by Crippen LogP contribution is -2.41. The van der Waals surface area contributed by atoms with Gasteiger partial charge in [0, 0.05) is 0 Å². The number of sulfone groups is 1. The molecule has 0 bridgehead atoms. The molecule has 2 nitrogen and oxygen atoms in total. The van der Waals surface area contributed by atoms with Crippen LogP contribution in [0.15, 0.2) is 107 Å². The predicted molar refractivity (Wildman–Crippen MR) is 139 cm³/mol. The van der Waals surface area contributed by atoms with E-state index in [1.165, 1.54) is 36.4 Å². The highest BCUT2D eigenvalue weighted by Gasteiger charge is 2.62. The van der Waals surface area contributed by atoms with E-state index in [9.17, 15) is 43.5 Å². The van der Waals surface area contributed by atoms with Gasteiger partial charge in [0.05, 0.1) is 20.9 Å². The normalized spacial score (nSPS) is 14.7. The molecule has 15 heteroatoms. The Hall–Kier alpha value is -4.01. The van der Waals surface area contributed by atoms with Crippen LogP contribution < -0.4 is 0 Å². The second-order valence-corrected chi connectivity index (χ2v) is 11.5. The van der Waals surface area contributed by atoms with Gasteiger partial charge in [-0.05, 0) is 34.4 Å². The summed E-state index contributed by atoms with van der Waals surface area (Å²) in [6.07, 6.45) is -22.5. The van der Waals surface area contributed by atoms with Gasteiger partial charge in [-0.15, -0.1) is 0 Å². The summed E-state index contributed by atoms with van der Waals surface area (Å²) in [4.78, 5) is -3.66. The fourth-order valence-corrected chi connectivity index (χ4v) is 6.48. The molecule has 0 saturated carbocycles. The van der Waals surface area contributed by atoms with Crippen molar-refractivity contribution >= 4 is 9.84 Å². The molecule has 45 heavy (non-hydrogen) atoms. The Morgan fingerprint density at radius 3 is 1.04 bits per heavy atom. The van der Waals surface area contributed by atoms with E-state index < -0.39 is 78.4 Å². The summed E-state index contributed by atoms with van der Waals surface area (Å²) in [5.74, 6) is -11.4. The molecule has 2 unspecified atom stereocenters. The summed E-state index contributed by atoms with van der Waals surface area (Å²) in [6.45, 7) is 0. The van der Waals surface area contributed by atoms with Crippen LogP contribution in [0.1, 0.15) is 11.1 Å². The average Bonchev–Trinajstić information content (AvgIpc) is 2.99. The third-order valence-electron chi connectivity index (χ3n) is 6.68. The second-order valence-electron chi connectivity index (χ2n) is 9.65. The van der Waals surface area contributed by atoms with Crippen LogP contribution in [-0.4, -0.2) is 33.1 Å². The molecule has 0 aliphatic heterocycles. The minimum Gasteiger partial charge on any atom is -0.230 e. The highest BCUT2D eigenvalue weighted by molar-refractivity contribution is 7.91. The molecule has 0 aliphatic rings. The van der Waals surface area contributed by atoms with Gasteiger partial charge in [0.2, 0.25) is 9.84 Å². The molecule has 0 spiro atoms. The lowest BCUT2D eigenvalue weighted by atomic mass is 9.93. The van der Waals surface area contributed by atoms with Crippen LogP contribution in [0, 0.1) is 0 Å². The molecule has 0 N–H and O–H groups in total. The van der Waals surface area contributed by atoms with E-state index in [1.54, 1.807) is 0 Å². The van der Waals surface area contributed by atoms with Crippen LogP contribution in [0.2, 0.25) is 0 Å². The number of alkyl halides is 12. The Balaban J connectivity index is 2.15. The van der Waals surface area contributed by atoms with Crippen molar-refractivity contribution in [1.29, 1.82) is 0 Å². The Bertz CT molecular complexity index is 1640. The largest absolute Gasteiger partial charge is 0.426 e. The van der Waals surface area contributed by atoms with E-state index in [0.29, 0.717) is 0 Å². The summed E-state index contributed by atoms with van der Waals surface area (Å²) >= 11 is 0. The topological polar surface area (TPSA) is 34.1 Å². The number of hydrogen-bond acceptors (Lipinski definition) is 2. The molecule has 0 radical (unpaired) electrons. The van der Waals surface area contributed by atoms with Gasteiger partial charge in [-0.3, -0.25) is 0 Å². The lowest BCUT2D eigenvalue weighted by molar-refractivity contribution is -0.249. The average molecular weight is 671 g/mol. The van der Waals surface area contributed by atoms with Gasteiger partial charge in [-0.25, -0.2) is 17.2 Å². The summed E-state index contributed by atoms with van der Waals surface area (Å²) in [7, 11) is -6.01. The molecule has 0 saturated heterocycles. The zero-order valence-corrected chi connectivity index (χ0v) is 23.0. The van der Waals surface area contributed by atoms with Crippen molar-refractivity contribution in [3.05, 3.63) is 108 Å². The van der Waals surface area contributed by atoms with E-state index in [0.717, 1.165) is 48.5 Å². The molecule has 4 aromatic rings. The summed E-state index contributed by atoms with van der Waals surface area (Å²) in [6, 6.07) is 15.2. The lowest BCUT2D eigenvalue weighted by Gasteiger charge is -2.29. The van der Waals surface area contributed by atoms with Gasteiger partial charge in [0.1, 0.15) is 0 Å². The van der Waals surface area contributed by atoms with Crippen LogP contribution in [0.3, 0.4) is 0 Å². The van der Waals surface area contributed by atoms with Gasteiger partial charge >= 0.3 is 24.2 Å². The van der Waals surface area contributed by atoms with E-state index in [-0.39, 0.29) is 23.3 Å². The van der Waals surface area contributed by atoms with Crippen molar-refractivity contribution < 1.29 is 61.1 Å². The minimum absolute atomic E-state index is 0.266. The van der Waals surface area contributed by atoms with Crippen LogP contribution >= 0.6 is 0 Å². The Labute approximate surface area is 247 Å². The third-order valence-corrected chi connectivity index (χ3v) is 8.52. The molecular weight excluding hydrogens is 652 g/mol. The second kappa shape index (κ2) is 11.7. The fraction of sp³-hybridized carbons (Fsp3) is 0.200. The van der Waals surface area contributed by atoms with Crippen molar-refractivity contribution in [2.45, 2.75) is 46.3 Å². The van der Waals surface area contributed by atoms with Crippen molar-refractivity contribution in [3.8, 4) is 22.3 Å². The predicted octanol–water partition coefficient (Wildman–Crippen LogP) is 9.84. The Kier molecular flexibility index (Phi) is 8.83. The van der Waals surface area contributed by atoms with Gasteiger partial charge in [0.15, 0.2) is 0 Å². The molecule has 240 valence electrons. The number of hydrogen-bond donors (Lipinski definition) is 0. The molecule has 0 amide bonds. The van der Waals surface area contributed by atoms with Crippen molar-refractivity contribution in [2.75, 3.05) is 0 Å². The molecule has 0 aliphatic carbocycles. The number of benzene rings is 4. The number of rotatable bonds is 8. The molecule has 4 aromatic carbocycles. The summed E-state index contributed by atoms with van der Waals surface area (Å²) < 4.78 is 199. The summed E-state index contributed by atoms with van der Waals surface area (Å²) in [5, 5.41) is 0. The van der Waals surface area contributed by atoms with E-state index >= 15 is 17.6 Å². The maximum atomic E-state index is 15.5. The first-order valence-corrected chi connectivity index (χ1v) is 14.0. The van der Waals surface area contributed by atoms with Crippen LogP contribution in [0.5, 0.6) is 0 Å². The zero-order chi connectivity index (χ0) is 33.6. The fourth-order valence-electron chi connectivity index (χ4n) is 4.70. The SMILES string of the molecule is O=S(=O)(c1cccc(-c2ccccc2)c1C(F)(F)C(F)C(F)(F)F)c1cccc(-c2ccccc2)c1C(F)(F)C(F)C(F)(F)F. The summed E-state index contributed by atoms with van der Waals surface area (Å²) in [5.41, 5.74) is -6.81. The van der Waals surface area contributed by atoms with E-state index in [4.69, 9.17) is 0 Å². The van der Waals surface area contributed by atoms with Gasteiger partial charge in [-0.2, -0.15) is 43.9 Å². The van der Waals surface area contributed by atoms with Crippen molar-refractivity contribution in [2.24, 2.45) is 0 Å². The third kappa shape index (κ3) is 6.26. The quantitative estimate of drug-likeness (QED) is 0.175. The van der Waals surface area contributed by atoms with Crippen molar-refractivity contribution in [1.82, 2.24) is 0 Å². The first kappa shape index (κ1) is 33.9. The van der Waals surface area contributed by atoms with Gasteiger partial charge in [0.25, 0.3) is 12.3 Å². The molecule has 0 heterocycles. The highest BCUT2D eigenvalue weighted by Crippen LogP contribution is 2.52. The monoisotopic (exact) mass is 670 g/mol. The van der Waals surface area contributed by atoms with Gasteiger partial charge in [-0.1, -0.05) is 84.9 Å². The maximum absolute atomic E-state index is 15.5. The number of halogens is 12. The zero-order valence-electron chi connectivity index (χ0n) is 22.2. The highest BCUT2D eigenvalue weighted by atomic mass is 32.2. The van der Waals surface area contributed by atoms with E-state index in [1.807, 2.05) is 0 Å². The maximum Gasteiger partial charge on any atom is 0.426 e. The molecule has 0 aromatic heterocycles. The first-order chi connectivity index (χ1) is 20.7. The minimum atomic E-state index is -6.26. The Morgan fingerprint density at radius 2 is 0.756 bits per heavy atom. The molecule has 0 fully saturated rings.